The zero-order valence-electron chi connectivity index (χ0n) is 16.6. The molecule has 2 N–H and O–H groups in total. The Kier molecular flexibility index (Phi) is 6.14. The number of amides is 1. The quantitative estimate of drug-likeness (QED) is 0.558. The van der Waals surface area contributed by atoms with Gasteiger partial charge in [-0.15, -0.1) is 11.3 Å². The molecule has 0 radical (unpaired) electrons. The SMILES string of the molecule is Cc1c(C(=O)NCc2ccccn2)sc2ncnc(NCCC3=CCCCC3)c12. The minimum Gasteiger partial charge on any atom is -0.369 e. The van der Waals surface area contributed by atoms with Gasteiger partial charge in [-0.1, -0.05) is 17.7 Å². The van der Waals surface area contributed by atoms with E-state index in [1.165, 1.54) is 42.6 Å². The molecule has 3 heterocycles. The van der Waals surface area contributed by atoms with Crippen molar-refractivity contribution in [1.29, 1.82) is 0 Å². The lowest BCUT2D eigenvalue weighted by atomic mass is 9.97. The van der Waals surface area contributed by atoms with Crippen molar-refractivity contribution in [1.82, 2.24) is 20.3 Å². The highest BCUT2D eigenvalue weighted by atomic mass is 32.1. The van der Waals surface area contributed by atoms with Crippen LogP contribution >= 0.6 is 11.3 Å². The first-order chi connectivity index (χ1) is 14.2. The van der Waals surface area contributed by atoms with E-state index in [4.69, 9.17) is 0 Å². The normalized spacial score (nSPS) is 13.9. The molecule has 3 aromatic rings. The van der Waals surface area contributed by atoms with Crippen LogP contribution in [0.3, 0.4) is 0 Å². The molecular formula is C22H25N5OS. The van der Waals surface area contributed by atoms with Crippen molar-refractivity contribution in [3.05, 3.63) is 58.5 Å². The Labute approximate surface area is 174 Å². The highest BCUT2D eigenvalue weighted by Gasteiger charge is 2.19. The summed E-state index contributed by atoms with van der Waals surface area (Å²) in [6, 6.07) is 5.67. The smallest absolute Gasteiger partial charge is 0.262 e. The highest BCUT2D eigenvalue weighted by Crippen LogP contribution is 2.33. The first-order valence-electron chi connectivity index (χ1n) is 10.1. The number of carbonyl (C=O) groups is 1. The average molecular weight is 408 g/mol. The molecule has 6 nitrogen and oxygen atoms in total. The largest absolute Gasteiger partial charge is 0.369 e. The molecule has 1 aliphatic rings. The predicted octanol–water partition coefficient (Wildman–Crippen LogP) is 4.63. The van der Waals surface area contributed by atoms with Gasteiger partial charge < -0.3 is 10.6 Å². The van der Waals surface area contributed by atoms with Crippen LogP contribution in [0.15, 0.2) is 42.4 Å². The van der Waals surface area contributed by atoms with Gasteiger partial charge in [0.1, 0.15) is 17.0 Å². The van der Waals surface area contributed by atoms with E-state index < -0.39 is 0 Å². The number of carbonyl (C=O) groups excluding carboxylic acids is 1. The average Bonchev–Trinajstić information content (AvgIpc) is 3.11. The number of pyridine rings is 1. The Hall–Kier alpha value is -2.80. The van der Waals surface area contributed by atoms with Gasteiger partial charge in [0, 0.05) is 12.7 Å². The molecule has 0 unspecified atom stereocenters. The summed E-state index contributed by atoms with van der Waals surface area (Å²) in [4.78, 5) is 27.3. The monoisotopic (exact) mass is 407 g/mol. The second-order valence-corrected chi connectivity index (χ2v) is 8.25. The number of nitrogens with zero attached hydrogens (tertiary/aromatic N) is 3. The summed E-state index contributed by atoms with van der Waals surface area (Å²) in [7, 11) is 0. The maximum absolute atomic E-state index is 12.7. The third-order valence-electron chi connectivity index (χ3n) is 5.21. The van der Waals surface area contributed by atoms with Crippen molar-refractivity contribution >= 4 is 33.3 Å². The molecule has 0 saturated heterocycles. The van der Waals surface area contributed by atoms with Gasteiger partial charge in [0.15, 0.2) is 0 Å². The van der Waals surface area contributed by atoms with Crippen LogP contribution in [-0.4, -0.2) is 27.4 Å². The first-order valence-corrected chi connectivity index (χ1v) is 10.9. The van der Waals surface area contributed by atoms with E-state index in [2.05, 4.69) is 31.7 Å². The lowest BCUT2D eigenvalue weighted by molar-refractivity contribution is 0.0954. The maximum atomic E-state index is 12.7. The van der Waals surface area contributed by atoms with Crippen LogP contribution < -0.4 is 10.6 Å². The molecule has 1 amide bonds. The molecule has 0 aromatic carbocycles. The standard InChI is InChI=1S/C22H25N5OS/c1-15-18-20(24-12-10-16-7-3-2-4-8-16)26-14-27-22(18)29-19(15)21(28)25-13-17-9-5-6-11-23-17/h5-7,9,11,14H,2-4,8,10,12-13H2,1H3,(H,25,28)(H,24,26,27). The van der Waals surface area contributed by atoms with E-state index >= 15 is 0 Å². The predicted molar refractivity (Wildman–Crippen MR) is 117 cm³/mol. The van der Waals surface area contributed by atoms with E-state index in [0.29, 0.717) is 11.4 Å². The zero-order valence-corrected chi connectivity index (χ0v) is 17.4. The van der Waals surface area contributed by atoms with Crippen LogP contribution in [0.2, 0.25) is 0 Å². The lowest BCUT2D eigenvalue weighted by Crippen LogP contribution is -2.22. The minimum absolute atomic E-state index is 0.102. The number of aromatic nitrogens is 3. The second-order valence-electron chi connectivity index (χ2n) is 7.25. The van der Waals surface area contributed by atoms with Crippen molar-refractivity contribution in [3.8, 4) is 0 Å². The molecule has 150 valence electrons. The number of aryl methyl sites for hydroxylation is 1. The van der Waals surface area contributed by atoms with E-state index in [0.717, 1.165) is 40.3 Å². The molecule has 3 aromatic heterocycles. The molecule has 7 heteroatoms. The van der Waals surface area contributed by atoms with Crippen LogP contribution in [0.1, 0.15) is 53.0 Å². The number of hydrogen-bond acceptors (Lipinski definition) is 6. The molecule has 1 aliphatic carbocycles. The second kappa shape index (κ2) is 9.13. The highest BCUT2D eigenvalue weighted by molar-refractivity contribution is 7.20. The Bertz CT molecular complexity index is 1030. The van der Waals surface area contributed by atoms with Crippen LogP contribution in [0.4, 0.5) is 5.82 Å². The number of allylic oxidation sites excluding steroid dienone is 1. The Morgan fingerprint density at radius 3 is 2.93 bits per heavy atom. The molecule has 0 spiro atoms. The summed E-state index contributed by atoms with van der Waals surface area (Å²) in [5, 5.41) is 7.36. The van der Waals surface area contributed by atoms with Crippen molar-refractivity contribution in [2.45, 2.75) is 45.6 Å². The van der Waals surface area contributed by atoms with E-state index in [-0.39, 0.29) is 5.91 Å². The van der Waals surface area contributed by atoms with Gasteiger partial charge in [0.05, 0.1) is 22.5 Å². The van der Waals surface area contributed by atoms with Gasteiger partial charge in [0.25, 0.3) is 5.91 Å². The Morgan fingerprint density at radius 1 is 1.21 bits per heavy atom. The van der Waals surface area contributed by atoms with Crippen molar-refractivity contribution in [2.75, 3.05) is 11.9 Å². The molecule has 4 rings (SSSR count). The Balaban J connectivity index is 1.47. The summed E-state index contributed by atoms with van der Waals surface area (Å²) in [5.74, 6) is 0.707. The third-order valence-corrected chi connectivity index (χ3v) is 6.41. The fourth-order valence-corrected chi connectivity index (χ4v) is 4.71. The summed E-state index contributed by atoms with van der Waals surface area (Å²) in [6.07, 6.45) is 11.7. The zero-order chi connectivity index (χ0) is 20.1. The van der Waals surface area contributed by atoms with Gasteiger partial charge in [-0.3, -0.25) is 9.78 Å². The summed E-state index contributed by atoms with van der Waals surface area (Å²) in [6.45, 7) is 3.21. The maximum Gasteiger partial charge on any atom is 0.262 e. The molecule has 0 bridgehead atoms. The van der Waals surface area contributed by atoms with Gasteiger partial charge in [-0.2, -0.15) is 0 Å². The van der Waals surface area contributed by atoms with Crippen molar-refractivity contribution in [3.63, 3.8) is 0 Å². The molecule has 0 aliphatic heterocycles. The molecule has 0 saturated carbocycles. The summed E-state index contributed by atoms with van der Waals surface area (Å²) in [5.41, 5.74) is 3.29. The molecule has 29 heavy (non-hydrogen) atoms. The van der Waals surface area contributed by atoms with Gasteiger partial charge in [-0.25, -0.2) is 9.97 Å². The van der Waals surface area contributed by atoms with E-state index in [9.17, 15) is 4.79 Å². The fraction of sp³-hybridized carbons (Fsp3) is 0.364. The fourth-order valence-electron chi connectivity index (χ4n) is 3.65. The number of anilines is 1. The van der Waals surface area contributed by atoms with Crippen molar-refractivity contribution in [2.24, 2.45) is 0 Å². The molecule has 0 atom stereocenters. The number of hydrogen-bond donors (Lipinski definition) is 2. The number of fused-ring (bicyclic) bond motifs is 1. The van der Waals surface area contributed by atoms with Crippen LogP contribution in [0.5, 0.6) is 0 Å². The summed E-state index contributed by atoms with van der Waals surface area (Å²) < 4.78 is 0. The van der Waals surface area contributed by atoms with E-state index in [1.807, 2.05) is 25.1 Å². The van der Waals surface area contributed by atoms with Crippen molar-refractivity contribution < 1.29 is 4.79 Å². The third kappa shape index (κ3) is 4.62. The number of nitrogens with one attached hydrogen (secondary N) is 2. The number of rotatable bonds is 7. The van der Waals surface area contributed by atoms with Gasteiger partial charge in [0.2, 0.25) is 0 Å². The van der Waals surface area contributed by atoms with Crippen LogP contribution in [0, 0.1) is 6.92 Å². The van der Waals surface area contributed by atoms with Crippen LogP contribution in [-0.2, 0) is 6.54 Å². The lowest BCUT2D eigenvalue weighted by Gasteiger charge is -2.13. The molecular weight excluding hydrogens is 382 g/mol. The van der Waals surface area contributed by atoms with E-state index in [1.54, 1.807) is 12.5 Å². The van der Waals surface area contributed by atoms with Crippen LogP contribution in [0.25, 0.3) is 10.2 Å². The number of thiophene rings is 1. The summed E-state index contributed by atoms with van der Waals surface area (Å²) >= 11 is 1.41. The Morgan fingerprint density at radius 2 is 2.14 bits per heavy atom. The topological polar surface area (TPSA) is 79.8 Å². The molecule has 0 fully saturated rings. The first kappa shape index (κ1) is 19.5. The van der Waals surface area contributed by atoms with Gasteiger partial charge >= 0.3 is 0 Å². The van der Waals surface area contributed by atoms with Gasteiger partial charge in [-0.05, 0) is 56.7 Å². The minimum atomic E-state index is -0.102.